The van der Waals surface area contributed by atoms with Crippen molar-refractivity contribution in [1.29, 1.82) is 0 Å². The van der Waals surface area contributed by atoms with Gasteiger partial charge in [-0.2, -0.15) is 0 Å². The van der Waals surface area contributed by atoms with Crippen LogP contribution in [0.15, 0.2) is 18.3 Å². The number of hydrogen-bond donors (Lipinski definition) is 3. The Morgan fingerprint density at radius 3 is 2.92 bits per heavy atom. The van der Waals surface area contributed by atoms with Crippen molar-refractivity contribution < 1.29 is 4.79 Å². The Morgan fingerprint density at radius 1 is 1.62 bits per heavy atom. The van der Waals surface area contributed by atoms with Crippen molar-refractivity contribution in [3.8, 4) is 0 Å². The van der Waals surface area contributed by atoms with E-state index in [0.29, 0.717) is 18.1 Å². The molecule has 0 saturated heterocycles. The van der Waals surface area contributed by atoms with Gasteiger partial charge < -0.3 is 16.4 Å². The van der Waals surface area contributed by atoms with Gasteiger partial charge in [0.05, 0.1) is 11.9 Å². The molecule has 5 heteroatoms. The first-order chi connectivity index (χ1) is 6.22. The van der Waals surface area contributed by atoms with Gasteiger partial charge in [-0.1, -0.05) is 0 Å². The number of nitrogens with zero attached hydrogens (tertiary/aromatic N) is 1. The largest absolute Gasteiger partial charge is 0.384 e. The second-order valence-corrected chi connectivity index (χ2v) is 2.46. The molecule has 1 heterocycles. The summed E-state index contributed by atoms with van der Waals surface area (Å²) in [6.45, 7) is 2.44. The molecule has 0 atom stereocenters. The normalized spacial score (nSPS) is 9.31. The van der Waals surface area contributed by atoms with Crippen LogP contribution < -0.4 is 16.4 Å². The van der Waals surface area contributed by atoms with Crippen molar-refractivity contribution in [2.45, 2.75) is 6.92 Å². The van der Waals surface area contributed by atoms with Crippen molar-refractivity contribution in [3.63, 3.8) is 0 Å². The maximum absolute atomic E-state index is 11.0. The molecule has 1 rings (SSSR count). The number of amides is 2. The van der Waals surface area contributed by atoms with Crippen LogP contribution in [0.4, 0.5) is 16.3 Å². The van der Waals surface area contributed by atoms with E-state index in [4.69, 9.17) is 5.73 Å². The number of rotatable bonds is 2. The standard InChI is InChI=1S/C8H12N4O/c1-2-10-8(13)12-6-3-4-7(9)11-5-6/h3-5H,2H2,1H3,(H2,9,11)(H2,10,12,13). The SMILES string of the molecule is CCNC(=O)Nc1ccc(N)nc1. The first-order valence-corrected chi connectivity index (χ1v) is 3.98. The smallest absolute Gasteiger partial charge is 0.319 e. The van der Waals surface area contributed by atoms with E-state index in [9.17, 15) is 4.79 Å². The van der Waals surface area contributed by atoms with E-state index >= 15 is 0 Å². The van der Waals surface area contributed by atoms with Gasteiger partial charge in [0.15, 0.2) is 0 Å². The van der Waals surface area contributed by atoms with Crippen LogP contribution in [-0.2, 0) is 0 Å². The summed E-state index contributed by atoms with van der Waals surface area (Å²) in [6.07, 6.45) is 1.50. The third kappa shape index (κ3) is 2.98. The summed E-state index contributed by atoms with van der Waals surface area (Å²) in [6, 6.07) is 3.08. The number of aromatic nitrogens is 1. The van der Waals surface area contributed by atoms with Crippen LogP contribution in [0.5, 0.6) is 0 Å². The number of pyridine rings is 1. The molecule has 0 aromatic carbocycles. The fourth-order valence-corrected chi connectivity index (χ4v) is 0.815. The Hall–Kier alpha value is -1.78. The molecule has 0 saturated carbocycles. The molecule has 0 spiro atoms. The molecule has 1 aromatic rings. The van der Waals surface area contributed by atoms with Gasteiger partial charge in [0.25, 0.3) is 0 Å². The van der Waals surface area contributed by atoms with Crippen molar-refractivity contribution in [1.82, 2.24) is 10.3 Å². The Labute approximate surface area is 76.3 Å². The molecule has 0 aliphatic rings. The van der Waals surface area contributed by atoms with Crippen LogP contribution >= 0.6 is 0 Å². The van der Waals surface area contributed by atoms with Crippen molar-refractivity contribution in [2.75, 3.05) is 17.6 Å². The average molecular weight is 180 g/mol. The fourth-order valence-electron chi connectivity index (χ4n) is 0.815. The fraction of sp³-hybridized carbons (Fsp3) is 0.250. The number of hydrogen-bond acceptors (Lipinski definition) is 3. The highest BCUT2D eigenvalue weighted by Gasteiger charge is 1.98. The number of anilines is 2. The molecule has 2 amide bonds. The first-order valence-electron chi connectivity index (χ1n) is 3.98. The number of carbonyl (C=O) groups excluding carboxylic acids is 1. The van der Waals surface area contributed by atoms with Gasteiger partial charge in [0, 0.05) is 6.54 Å². The number of nitrogen functional groups attached to an aromatic ring is 1. The van der Waals surface area contributed by atoms with E-state index < -0.39 is 0 Å². The Balaban J connectivity index is 2.54. The minimum atomic E-state index is -0.242. The molecule has 4 N–H and O–H groups in total. The summed E-state index contributed by atoms with van der Waals surface area (Å²) >= 11 is 0. The average Bonchev–Trinajstić information content (AvgIpc) is 2.09. The first kappa shape index (κ1) is 9.31. The van der Waals surface area contributed by atoms with Crippen molar-refractivity contribution in [2.24, 2.45) is 0 Å². The monoisotopic (exact) mass is 180 g/mol. The van der Waals surface area contributed by atoms with Crippen LogP contribution in [0.2, 0.25) is 0 Å². The van der Waals surface area contributed by atoms with Gasteiger partial charge in [0.1, 0.15) is 5.82 Å². The minimum absolute atomic E-state index is 0.242. The molecule has 0 radical (unpaired) electrons. The third-order valence-electron chi connectivity index (χ3n) is 1.38. The molecule has 0 aliphatic heterocycles. The summed E-state index contributed by atoms with van der Waals surface area (Å²) in [4.78, 5) is 14.8. The Bertz CT molecular complexity index is 283. The summed E-state index contributed by atoms with van der Waals surface area (Å²) in [5.41, 5.74) is 6.00. The predicted octanol–water partition coefficient (Wildman–Crippen LogP) is 0.805. The quantitative estimate of drug-likeness (QED) is 0.630. The Morgan fingerprint density at radius 2 is 2.38 bits per heavy atom. The summed E-state index contributed by atoms with van der Waals surface area (Å²) in [7, 11) is 0. The van der Waals surface area contributed by atoms with E-state index in [1.165, 1.54) is 6.20 Å². The zero-order chi connectivity index (χ0) is 9.68. The molecule has 0 aliphatic carbocycles. The number of carbonyl (C=O) groups is 1. The maximum Gasteiger partial charge on any atom is 0.319 e. The van der Waals surface area contributed by atoms with Crippen LogP contribution in [0.3, 0.4) is 0 Å². The topological polar surface area (TPSA) is 80.0 Å². The molecule has 5 nitrogen and oxygen atoms in total. The van der Waals surface area contributed by atoms with Crippen molar-refractivity contribution >= 4 is 17.5 Å². The number of nitrogens with one attached hydrogen (secondary N) is 2. The molecule has 13 heavy (non-hydrogen) atoms. The predicted molar refractivity (Wildman–Crippen MR) is 51.3 cm³/mol. The lowest BCUT2D eigenvalue weighted by Crippen LogP contribution is -2.28. The highest BCUT2D eigenvalue weighted by molar-refractivity contribution is 5.88. The van der Waals surface area contributed by atoms with E-state index in [1.807, 2.05) is 6.92 Å². The molecule has 1 aromatic heterocycles. The lowest BCUT2D eigenvalue weighted by atomic mass is 10.4. The molecular weight excluding hydrogens is 168 g/mol. The Kier molecular flexibility index (Phi) is 3.08. The zero-order valence-electron chi connectivity index (χ0n) is 7.37. The summed E-state index contributed by atoms with van der Waals surface area (Å²) < 4.78 is 0. The molecule has 70 valence electrons. The zero-order valence-corrected chi connectivity index (χ0v) is 7.37. The highest BCUT2D eigenvalue weighted by atomic mass is 16.2. The number of nitrogens with two attached hydrogens (primary N) is 1. The number of urea groups is 1. The second kappa shape index (κ2) is 4.30. The highest BCUT2D eigenvalue weighted by Crippen LogP contribution is 2.05. The van der Waals surface area contributed by atoms with E-state index in [1.54, 1.807) is 12.1 Å². The minimum Gasteiger partial charge on any atom is -0.384 e. The van der Waals surface area contributed by atoms with Crippen LogP contribution in [0.25, 0.3) is 0 Å². The van der Waals surface area contributed by atoms with Gasteiger partial charge in [-0.05, 0) is 19.1 Å². The summed E-state index contributed by atoms with van der Waals surface area (Å²) in [5, 5.41) is 5.20. The van der Waals surface area contributed by atoms with E-state index in [0.717, 1.165) is 0 Å². The van der Waals surface area contributed by atoms with E-state index in [-0.39, 0.29) is 6.03 Å². The molecule has 0 bridgehead atoms. The van der Waals surface area contributed by atoms with Crippen molar-refractivity contribution in [3.05, 3.63) is 18.3 Å². The second-order valence-electron chi connectivity index (χ2n) is 2.46. The van der Waals surface area contributed by atoms with Crippen LogP contribution in [-0.4, -0.2) is 17.6 Å². The molecule has 0 fully saturated rings. The van der Waals surface area contributed by atoms with Gasteiger partial charge in [0.2, 0.25) is 0 Å². The van der Waals surface area contributed by atoms with Gasteiger partial charge in [-0.3, -0.25) is 0 Å². The molecular formula is C8H12N4O. The maximum atomic E-state index is 11.0. The van der Waals surface area contributed by atoms with Gasteiger partial charge >= 0.3 is 6.03 Å². The van der Waals surface area contributed by atoms with Gasteiger partial charge in [-0.15, -0.1) is 0 Å². The van der Waals surface area contributed by atoms with Gasteiger partial charge in [-0.25, -0.2) is 9.78 Å². The van der Waals surface area contributed by atoms with Crippen LogP contribution in [0, 0.1) is 0 Å². The lowest BCUT2D eigenvalue weighted by Gasteiger charge is -2.04. The third-order valence-corrected chi connectivity index (χ3v) is 1.38. The van der Waals surface area contributed by atoms with E-state index in [2.05, 4.69) is 15.6 Å². The van der Waals surface area contributed by atoms with Crippen LogP contribution in [0.1, 0.15) is 6.92 Å². The summed E-state index contributed by atoms with van der Waals surface area (Å²) in [5.74, 6) is 0.432. The molecule has 0 unspecified atom stereocenters. The lowest BCUT2D eigenvalue weighted by molar-refractivity contribution is 0.252.